The lowest BCUT2D eigenvalue weighted by molar-refractivity contribution is -0.173. The zero-order valence-electron chi connectivity index (χ0n) is 9.77. The summed E-state index contributed by atoms with van der Waals surface area (Å²) in [6.45, 7) is 1.70. The second-order valence-electron chi connectivity index (χ2n) is 5.00. The van der Waals surface area contributed by atoms with Crippen LogP contribution in [0.1, 0.15) is 13.3 Å². The van der Waals surface area contributed by atoms with Crippen molar-refractivity contribution in [3.05, 3.63) is 12.2 Å². The van der Waals surface area contributed by atoms with E-state index in [9.17, 15) is 14.7 Å². The normalized spacial score (nSPS) is 43.9. The molecule has 1 N–H and O–H groups in total. The van der Waals surface area contributed by atoms with Crippen molar-refractivity contribution < 1.29 is 19.4 Å². The summed E-state index contributed by atoms with van der Waals surface area (Å²) < 4.78 is 4.76. The minimum atomic E-state index is -1.53. The van der Waals surface area contributed by atoms with E-state index in [1.165, 1.54) is 7.11 Å². The van der Waals surface area contributed by atoms with Crippen molar-refractivity contribution in [2.75, 3.05) is 13.0 Å². The van der Waals surface area contributed by atoms with E-state index in [1.807, 2.05) is 0 Å². The number of hydrogen-bond acceptors (Lipinski definition) is 4. The van der Waals surface area contributed by atoms with Gasteiger partial charge in [0.2, 0.25) is 0 Å². The number of carbonyl (C=O) groups is 2. The van der Waals surface area contributed by atoms with E-state index < -0.39 is 28.8 Å². The number of allylic oxidation sites excluding steroid dienone is 1. The fraction of sp³-hybridized carbons (Fsp3) is 0.667. The van der Waals surface area contributed by atoms with E-state index in [4.69, 9.17) is 16.3 Å². The van der Waals surface area contributed by atoms with Crippen molar-refractivity contribution in [2.24, 2.45) is 17.3 Å². The maximum absolute atomic E-state index is 12.2. The van der Waals surface area contributed by atoms with Crippen molar-refractivity contribution in [1.82, 2.24) is 0 Å². The second kappa shape index (κ2) is 3.82. The molecular weight excluding hydrogens is 244 g/mol. The molecule has 0 amide bonds. The first-order valence-corrected chi connectivity index (χ1v) is 6.03. The lowest BCUT2D eigenvalue weighted by Gasteiger charge is -2.50. The molecule has 1 fully saturated rings. The summed E-state index contributed by atoms with van der Waals surface area (Å²) in [5, 5.41) is 10.2. The molecule has 0 unspecified atom stereocenters. The van der Waals surface area contributed by atoms with Crippen LogP contribution in [0.2, 0.25) is 0 Å². The molecule has 0 aliphatic heterocycles. The Labute approximate surface area is 105 Å². The number of ether oxygens (including phenoxy) is 1. The van der Waals surface area contributed by atoms with Gasteiger partial charge in [0.1, 0.15) is 5.60 Å². The van der Waals surface area contributed by atoms with Gasteiger partial charge in [0.05, 0.1) is 24.3 Å². The van der Waals surface area contributed by atoms with Crippen LogP contribution in [-0.4, -0.2) is 35.4 Å². The second-order valence-corrected chi connectivity index (χ2v) is 5.27. The van der Waals surface area contributed by atoms with Crippen LogP contribution in [0.3, 0.4) is 0 Å². The van der Waals surface area contributed by atoms with E-state index in [0.717, 1.165) is 0 Å². The van der Waals surface area contributed by atoms with Gasteiger partial charge in [0, 0.05) is 5.92 Å². The van der Waals surface area contributed by atoms with Crippen molar-refractivity contribution in [1.29, 1.82) is 0 Å². The van der Waals surface area contributed by atoms with Crippen molar-refractivity contribution >= 4 is 23.4 Å². The molecule has 0 saturated heterocycles. The Bertz CT molecular complexity index is 405. The van der Waals surface area contributed by atoms with Gasteiger partial charge in [-0.25, -0.2) is 0 Å². The number of alkyl halides is 1. The van der Waals surface area contributed by atoms with E-state index >= 15 is 0 Å². The van der Waals surface area contributed by atoms with Gasteiger partial charge in [-0.3, -0.25) is 9.59 Å². The van der Waals surface area contributed by atoms with E-state index in [2.05, 4.69) is 0 Å². The standard InChI is InChI=1S/C12H15ClO4/c1-11(10(15)17-2)5-7-3-4-8(11)9(14)12(7,16)6-13/h3-4,7-8,16H,5-6H2,1-2H3/t7-,8-,11-,12+/m1/s1. The highest BCUT2D eigenvalue weighted by molar-refractivity contribution is 6.21. The molecule has 1 saturated carbocycles. The van der Waals surface area contributed by atoms with Gasteiger partial charge >= 0.3 is 5.97 Å². The summed E-state index contributed by atoms with van der Waals surface area (Å²) in [4.78, 5) is 24.0. The van der Waals surface area contributed by atoms with Crippen LogP contribution in [-0.2, 0) is 14.3 Å². The number of methoxy groups -OCH3 is 1. The third-order valence-corrected chi connectivity index (χ3v) is 4.45. The molecule has 0 aromatic heterocycles. The molecule has 3 aliphatic carbocycles. The Morgan fingerprint density at radius 2 is 2.29 bits per heavy atom. The van der Waals surface area contributed by atoms with Gasteiger partial charge in [-0.1, -0.05) is 12.2 Å². The predicted molar refractivity (Wildman–Crippen MR) is 61.5 cm³/mol. The van der Waals surface area contributed by atoms with Gasteiger partial charge in [-0.2, -0.15) is 0 Å². The number of rotatable bonds is 2. The Hall–Kier alpha value is -0.870. The third kappa shape index (κ3) is 1.47. The first-order valence-electron chi connectivity index (χ1n) is 5.49. The summed E-state index contributed by atoms with van der Waals surface area (Å²) in [6.07, 6.45) is 3.85. The number of halogens is 1. The van der Waals surface area contributed by atoms with Crippen LogP contribution in [0.15, 0.2) is 12.2 Å². The molecule has 4 nitrogen and oxygen atoms in total. The average molecular weight is 259 g/mol. The summed E-state index contributed by atoms with van der Waals surface area (Å²) in [5.41, 5.74) is -2.42. The quantitative estimate of drug-likeness (QED) is 0.454. The highest BCUT2D eigenvalue weighted by atomic mass is 35.5. The van der Waals surface area contributed by atoms with Gasteiger partial charge < -0.3 is 9.84 Å². The maximum Gasteiger partial charge on any atom is 0.312 e. The number of Topliss-reactive ketones (excluding diaryl/α,β-unsaturated/α-hetero) is 1. The lowest BCUT2D eigenvalue weighted by atomic mass is 9.54. The van der Waals surface area contributed by atoms with Crippen molar-refractivity contribution in [2.45, 2.75) is 18.9 Å². The smallest absolute Gasteiger partial charge is 0.312 e. The molecule has 0 spiro atoms. The molecule has 3 aliphatic rings. The van der Waals surface area contributed by atoms with Crippen LogP contribution in [0.25, 0.3) is 0 Å². The van der Waals surface area contributed by atoms with Crippen molar-refractivity contribution in [3.63, 3.8) is 0 Å². The number of aliphatic hydroxyl groups is 1. The fourth-order valence-corrected chi connectivity index (χ4v) is 3.20. The van der Waals surface area contributed by atoms with E-state index in [0.29, 0.717) is 6.42 Å². The van der Waals surface area contributed by atoms with Crippen LogP contribution < -0.4 is 0 Å². The molecule has 4 atom stereocenters. The van der Waals surface area contributed by atoms with Crippen LogP contribution >= 0.6 is 11.6 Å². The average Bonchev–Trinajstić information content (AvgIpc) is 2.34. The first kappa shape index (κ1) is 12.6. The zero-order valence-corrected chi connectivity index (χ0v) is 10.5. The van der Waals surface area contributed by atoms with Crippen LogP contribution in [0.5, 0.6) is 0 Å². The number of fused-ring (bicyclic) bond motifs is 2. The number of esters is 1. The minimum absolute atomic E-state index is 0.144. The lowest BCUT2D eigenvalue weighted by Crippen LogP contribution is -2.62. The first-order chi connectivity index (χ1) is 7.90. The van der Waals surface area contributed by atoms with Gasteiger partial charge in [0.15, 0.2) is 5.78 Å². The molecule has 0 aromatic rings. The SMILES string of the molecule is COC(=O)[C@]1(C)C[C@H]2C=C[C@@H]1C(=O)[C@]2(O)CCl. The largest absolute Gasteiger partial charge is 0.469 e. The summed E-state index contributed by atoms with van der Waals surface area (Å²) in [6, 6.07) is 0. The van der Waals surface area contributed by atoms with Crippen LogP contribution in [0, 0.1) is 17.3 Å². The molecule has 0 radical (unpaired) electrons. The highest BCUT2D eigenvalue weighted by Crippen LogP contribution is 2.51. The van der Waals surface area contributed by atoms with Gasteiger partial charge in [-0.05, 0) is 13.3 Å². The molecule has 5 heteroatoms. The van der Waals surface area contributed by atoms with Crippen LogP contribution in [0.4, 0.5) is 0 Å². The van der Waals surface area contributed by atoms with Gasteiger partial charge in [0.25, 0.3) is 0 Å². The van der Waals surface area contributed by atoms with Crippen molar-refractivity contribution in [3.8, 4) is 0 Å². The summed E-state index contributed by atoms with van der Waals surface area (Å²) >= 11 is 5.70. The van der Waals surface area contributed by atoms with E-state index in [1.54, 1.807) is 19.1 Å². The number of ketones is 1. The molecule has 2 bridgehead atoms. The molecule has 0 aromatic carbocycles. The highest BCUT2D eigenvalue weighted by Gasteiger charge is 2.61. The molecule has 3 rings (SSSR count). The van der Waals surface area contributed by atoms with E-state index in [-0.39, 0.29) is 11.7 Å². The molecular formula is C12H15ClO4. The fourth-order valence-electron chi connectivity index (χ4n) is 2.87. The Kier molecular flexibility index (Phi) is 2.83. The zero-order chi connectivity index (χ0) is 12.8. The Morgan fingerprint density at radius 3 is 2.76 bits per heavy atom. The monoisotopic (exact) mass is 258 g/mol. The molecule has 17 heavy (non-hydrogen) atoms. The molecule has 0 heterocycles. The number of carbonyl (C=O) groups excluding carboxylic acids is 2. The molecule has 94 valence electrons. The summed E-state index contributed by atoms with van der Waals surface area (Å²) in [7, 11) is 1.30. The topological polar surface area (TPSA) is 63.6 Å². The van der Waals surface area contributed by atoms with Gasteiger partial charge in [-0.15, -0.1) is 11.6 Å². The summed E-state index contributed by atoms with van der Waals surface area (Å²) in [5.74, 6) is -2.00. The maximum atomic E-state index is 12.2. The number of hydrogen-bond donors (Lipinski definition) is 1. The Morgan fingerprint density at radius 1 is 1.65 bits per heavy atom. The third-order valence-electron chi connectivity index (χ3n) is 4.04. The Balaban J connectivity index is 2.43. The minimum Gasteiger partial charge on any atom is -0.469 e. The predicted octanol–water partition coefficient (Wildman–Crippen LogP) is 0.911.